The molecule has 162 valence electrons. The number of halogens is 1. The van der Waals surface area contributed by atoms with Gasteiger partial charge < -0.3 is 15.0 Å². The molecule has 0 fully saturated rings. The zero-order valence-corrected chi connectivity index (χ0v) is 19.6. The summed E-state index contributed by atoms with van der Waals surface area (Å²) in [6.45, 7) is 3.83. The lowest BCUT2D eigenvalue weighted by Crippen LogP contribution is -2.36. The van der Waals surface area contributed by atoms with E-state index >= 15 is 0 Å². The molecule has 4 rings (SSSR count). The number of aliphatic hydroxyl groups excluding tert-OH is 1. The van der Waals surface area contributed by atoms with E-state index in [0.717, 1.165) is 21.8 Å². The summed E-state index contributed by atoms with van der Waals surface area (Å²) in [6.07, 6.45) is 0.396. The molecule has 1 amide bonds. The summed E-state index contributed by atoms with van der Waals surface area (Å²) in [5, 5.41) is 17.4. The molecule has 2 atom stereocenters. The van der Waals surface area contributed by atoms with E-state index in [1.54, 1.807) is 23.1 Å². The molecular formula is C23H23ClN2O3S2. The largest absolute Gasteiger partial charge is 0.391 e. The maximum atomic E-state index is 13.1. The Labute approximate surface area is 194 Å². The minimum atomic E-state index is -0.646. The van der Waals surface area contributed by atoms with Crippen LogP contribution in [0.1, 0.15) is 45.9 Å². The fourth-order valence-corrected chi connectivity index (χ4v) is 6.13. The summed E-state index contributed by atoms with van der Waals surface area (Å²) in [4.78, 5) is 27.1. The summed E-state index contributed by atoms with van der Waals surface area (Å²) in [5.41, 5.74) is 3.33. The minimum absolute atomic E-state index is 0.0335. The lowest BCUT2D eigenvalue weighted by molar-refractivity contribution is 0.0911. The summed E-state index contributed by atoms with van der Waals surface area (Å²) in [6, 6.07) is 9.27. The van der Waals surface area contributed by atoms with Gasteiger partial charge in [0, 0.05) is 45.6 Å². The highest BCUT2D eigenvalue weighted by Crippen LogP contribution is 2.45. The summed E-state index contributed by atoms with van der Waals surface area (Å²) in [7, 11) is 0. The molecule has 31 heavy (non-hydrogen) atoms. The number of aryl methyl sites for hydroxylation is 1. The topological polar surface area (TPSA) is 71.3 Å². The van der Waals surface area contributed by atoms with Crippen LogP contribution in [0.25, 0.3) is 5.69 Å². The van der Waals surface area contributed by atoms with Crippen molar-refractivity contribution >= 4 is 40.6 Å². The Morgan fingerprint density at radius 1 is 1.35 bits per heavy atom. The molecule has 0 saturated heterocycles. The van der Waals surface area contributed by atoms with Gasteiger partial charge in [-0.15, -0.1) is 11.8 Å². The van der Waals surface area contributed by atoms with Gasteiger partial charge in [-0.2, -0.15) is 11.3 Å². The average molecular weight is 475 g/mol. The first-order chi connectivity index (χ1) is 14.9. The standard InChI is InChI=1S/C23H23ClN2O3S2/c1-3-16(27)11-25-23(29)22-18-10-20(14-6-7-30-12-14)31-21-9-15(24)4-5-17(21)26(18)13(2)8-19(22)28/h4-9,12,16,20,27H,3,10-11H2,1-2H3,(H,25,29). The van der Waals surface area contributed by atoms with E-state index in [4.69, 9.17) is 11.6 Å². The Morgan fingerprint density at radius 3 is 2.87 bits per heavy atom. The van der Waals surface area contributed by atoms with Crippen LogP contribution in [0.15, 0.2) is 50.8 Å². The van der Waals surface area contributed by atoms with E-state index in [9.17, 15) is 14.7 Å². The fourth-order valence-electron chi connectivity index (χ4n) is 3.79. The van der Waals surface area contributed by atoms with E-state index in [0.29, 0.717) is 23.6 Å². The van der Waals surface area contributed by atoms with Crippen molar-refractivity contribution in [3.05, 3.63) is 78.9 Å². The van der Waals surface area contributed by atoms with E-state index in [1.807, 2.05) is 42.0 Å². The highest BCUT2D eigenvalue weighted by molar-refractivity contribution is 7.99. The number of aromatic nitrogens is 1. The molecule has 5 nitrogen and oxygen atoms in total. The number of thiophene rings is 1. The monoisotopic (exact) mass is 474 g/mol. The fraction of sp³-hybridized carbons (Fsp3) is 0.304. The first kappa shape index (κ1) is 22.1. The molecule has 0 spiro atoms. The third-order valence-corrected chi connectivity index (χ3v) is 7.66. The molecule has 0 aliphatic carbocycles. The van der Waals surface area contributed by atoms with Gasteiger partial charge in [0.2, 0.25) is 0 Å². The number of thioether (sulfide) groups is 1. The first-order valence-corrected chi connectivity index (χ1v) is 12.3. The number of amides is 1. The van der Waals surface area contributed by atoms with E-state index < -0.39 is 12.0 Å². The van der Waals surface area contributed by atoms with Crippen molar-refractivity contribution < 1.29 is 9.90 Å². The maximum Gasteiger partial charge on any atom is 0.257 e. The van der Waals surface area contributed by atoms with Crippen LogP contribution in [0.5, 0.6) is 0 Å². The van der Waals surface area contributed by atoms with Gasteiger partial charge in [-0.3, -0.25) is 9.59 Å². The Kier molecular flexibility index (Phi) is 6.57. The van der Waals surface area contributed by atoms with E-state index in [2.05, 4.69) is 16.8 Å². The maximum absolute atomic E-state index is 13.1. The number of carbonyl (C=O) groups excluding carboxylic acids is 1. The van der Waals surface area contributed by atoms with Crippen molar-refractivity contribution in [2.75, 3.05) is 6.54 Å². The van der Waals surface area contributed by atoms with E-state index in [-0.39, 0.29) is 22.8 Å². The van der Waals surface area contributed by atoms with Gasteiger partial charge in [0.15, 0.2) is 5.43 Å². The van der Waals surface area contributed by atoms with Crippen LogP contribution in [0.3, 0.4) is 0 Å². The number of aliphatic hydroxyl groups is 1. The van der Waals surface area contributed by atoms with Gasteiger partial charge in [-0.1, -0.05) is 18.5 Å². The first-order valence-electron chi connectivity index (χ1n) is 10.1. The Bertz CT molecular complexity index is 1170. The van der Waals surface area contributed by atoms with Crippen LogP contribution in [0, 0.1) is 6.92 Å². The Morgan fingerprint density at radius 2 is 2.16 bits per heavy atom. The third-order valence-electron chi connectivity index (χ3n) is 5.42. The van der Waals surface area contributed by atoms with Crippen molar-refractivity contribution in [2.45, 2.75) is 42.9 Å². The molecule has 0 saturated carbocycles. The quantitative estimate of drug-likeness (QED) is 0.559. The van der Waals surface area contributed by atoms with Crippen molar-refractivity contribution in [1.29, 1.82) is 0 Å². The number of hydrogen-bond donors (Lipinski definition) is 2. The zero-order chi connectivity index (χ0) is 22.1. The number of nitrogens with zero attached hydrogens (tertiary/aromatic N) is 1. The molecular weight excluding hydrogens is 452 g/mol. The molecule has 0 radical (unpaired) electrons. The Hall–Kier alpha value is -2.06. The molecule has 2 aromatic heterocycles. The van der Waals surface area contributed by atoms with Gasteiger partial charge in [0.05, 0.1) is 11.8 Å². The number of carbonyl (C=O) groups is 1. The number of nitrogens with one attached hydrogen (secondary N) is 1. The molecule has 1 aliphatic rings. The second kappa shape index (κ2) is 9.20. The number of hydrogen-bond acceptors (Lipinski definition) is 5. The van der Waals surface area contributed by atoms with Gasteiger partial charge >= 0.3 is 0 Å². The molecule has 1 aromatic carbocycles. The normalized spacial score (nSPS) is 16.2. The molecule has 1 aliphatic heterocycles. The lowest BCUT2D eigenvalue weighted by atomic mass is 10.0. The highest BCUT2D eigenvalue weighted by Gasteiger charge is 2.29. The molecule has 2 N–H and O–H groups in total. The van der Waals surface area contributed by atoms with Crippen molar-refractivity contribution in [3.8, 4) is 5.69 Å². The van der Waals surface area contributed by atoms with Crippen molar-refractivity contribution in [2.24, 2.45) is 0 Å². The second-order valence-corrected chi connectivity index (χ2v) is 10.0. The van der Waals surface area contributed by atoms with Gasteiger partial charge in [0.25, 0.3) is 5.91 Å². The van der Waals surface area contributed by atoms with Crippen LogP contribution < -0.4 is 10.7 Å². The van der Waals surface area contributed by atoms with Crippen LogP contribution in [0.2, 0.25) is 5.02 Å². The summed E-state index contributed by atoms with van der Waals surface area (Å²) in [5.74, 6) is -0.451. The predicted molar refractivity (Wildman–Crippen MR) is 127 cm³/mol. The molecule has 2 unspecified atom stereocenters. The van der Waals surface area contributed by atoms with Gasteiger partial charge in [-0.05, 0) is 53.9 Å². The van der Waals surface area contributed by atoms with Gasteiger partial charge in [0.1, 0.15) is 5.56 Å². The summed E-state index contributed by atoms with van der Waals surface area (Å²) >= 11 is 9.61. The summed E-state index contributed by atoms with van der Waals surface area (Å²) < 4.78 is 2.00. The molecule has 3 heterocycles. The Balaban J connectivity index is 1.90. The van der Waals surface area contributed by atoms with Gasteiger partial charge in [-0.25, -0.2) is 0 Å². The van der Waals surface area contributed by atoms with Crippen molar-refractivity contribution in [3.63, 3.8) is 0 Å². The van der Waals surface area contributed by atoms with Crippen molar-refractivity contribution in [1.82, 2.24) is 9.88 Å². The molecule has 0 bridgehead atoms. The van der Waals surface area contributed by atoms with E-state index in [1.165, 1.54) is 6.07 Å². The number of pyridine rings is 1. The second-order valence-electron chi connectivity index (χ2n) is 7.56. The molecule has 3 aromatic rings. The lowest BCUT2D eigenvalue weighted by Gasteiger charge is -2.20. The zero-order valence-electron chi connectivity index (χ0n) is 17.2. The minimum Gasteiger partial charge on any atom is -0.391 e. The van der Waals surface area contributed by atoms with Crippen LogP contribution in [-0.2, 0) is 6.42 Å². The highest BCUT2D eigenvalue weighted by atomic mass is 35.5. The average Bonchev–Trinajstić information content (AvgIpc) is 3.21. The SMILES string of the molecule is CCC(O)CNC(=O)c1c2n(c(C)cc1=O)-c1ccc(Cl)cc1SC(c1ccsc1)C2. The van der Waals surface area contributed by atoms with Crippen LogP contribution >= 0.6 is 34.7 Å². The van der Waals surface area contributed by atoms with Crippen LogP contribution in [0.4, 0.5) is 0 Å². The van der Waals surface area contributed by atoms with Crippen LogP contribution in [-0.4, -0.2) is 28.2 Å². The predicted octanol–water partition coefficient (Wildman–Crippen LogP) is 4.75. The molecule has 8 heteroatoms. The third kappa shape index (κ3) is 4.46. The number of fused-ring (bicyclic) bond motifs is 3. The smallest absolute Gasteiger partial charge is 0.257 e. The number of benzene rings is 1. The number of rotatable bonds is 5.